The average molecular weight is 1250 g/mol. The number of benzene rings is 8. The highest BCUT2D eigenvalue weighted by Gasteiger charge is 2.25. The predicted octanol–water partition coefficient (Wildman–Crippen LogP) is 19.6. The van der Waals surface area contributed by atoms with Crippen molar-refractivity contribution in [3.8, 4) is 57.2 Å². The van der Waals surface area contributed by atoms with Crippen LogP contribution >= 0.6 is 0 Å². The lowest BCUT2D eigenvalue weighted by atomic mass is 9.95. The first-order valence-electron chi connectivity index (χ1n) is 31.6. The summed E-state index contributed by atoms with van der Waals surface area (Å²) in [7, 11) is 8.21. The molecule has 0 radical (unpaired) electrons. The summed E-state index contributed by atoms with van der Waals surface area (Å²) in [5.41, 5.74) is 27.8. The van der Waals surface area contributed by atoms with E-state index in [1.54, 1.807) is 12.1 Å². The molecule has 8 aromatic carbocycles. The summed E-state index contributed by atoms with van der Waals surface area (Å²) in [6.45, 7) is 31.3. The Morgan fingerprint density at radius 2 is 0.771 bits per heavy atom. The summed E-state index contributed by atoms with van der Waals surface area (Å²) < 4.78 is 32.8. The monoisotopic (exact) mass is 1250 g/mol. The van der Waals surface area contributed by atoms with E-state index in [2.05, 4.69) is 202 Å². The fourth-order valence-electron chi connectivity index (χ4n) is 13.5. The second-order valence-electron chi connectivity index (χ2n) is 24.6. The molecular formula is C84H68N8O4+4. The molecule has 16 aromatic rings. The molecule has 0 bridgehead atoms. The fourth-order valence-corrected chi connectivity index (χ4v) is 13.5. The van der Waals surface area contributed by atoms with E-state index in [9.17, 15) is 10.5 Å². The largest absolute Gasteiger partial charge is 0.457 e. The summed E-state index contributed by atoms with van der Waals surface area (Å²) in [6, 6.07) is 60.6. The Bertz CT molecular complexity index is 5990. The molecule has 0 aliphatic heterocycles. The molecule has 0 amide bonds. The lowest BCUT2D eigenvalue weighted by Crippen LogP contribution is -2.30. The van der Waals surface area contributed by atoms with Crippen molar-refractivity contribution in [1.82, 2.24) is 0 Å². The minimum atomic E-state index is 0.576. The molecule has 0 aliphatic rings. The van der Waals surface area contributed by atoms with Crippen molar-refractivity contribution in [3.63, 3.8) is 0 Å². The Balaban J connectivity index is 0.000000116. The summed E-state index contributed by atoms with van der Waals surface area (Å²) in [5.74, 6) is 0. The van der Waals surface area contributed by atoms with Crippen LogP contribution in [0.1, 0.15) is 55.6 Å². The zero-order chi connectivity index (χ0) is 67.4. The smallest absolute Gasteiger partial charge is 0.212 e. The number of hydrogen-bond acceptors (Lipinski definition) is 6. The molecule has 8 heterocycles. The van der Waals surface area contributed by atoms with Gasteiger partial charge in [-0.05, 0) is 179 Å². The Morgan fingerprint density at radius 3 is 1.29 bits per heavy atom. The Labute approximate surface area is 556 Å². The zero-order valence-electron chi connectivity index (χ0n) is 55.7. The quantitative estimate of drug-likeness (QED) is 0.128. The van der Waals surface area contributed by atoms with Crippen molar-refractivity contribution in [3.05, 3.63) is 273 Å². The number of fused-ring (bicyclic) bond motifs is 12. The van der Waals surface area contributed by atoms with Gasteiger partial charge in [0.15, 0.2) is 41.7 Å². The number of para-hydroxylation sites is 1. The molecule has 464 valence electrons. The van der Waals surface area contributed by atoms with Gasteiger partial charge in [0.05, 0.1) is 52.6 Å². The van der Waals surface area contributed by atoms with Crippen LogP contribution < -0.4 is 18.3 Å². The first-order chi connectivity index (χ1) is 46.4. The first-order valence-corrected chi connectivity index (χ1v) is 31.6. The van der Waals surface area contributed by atoms with E-state index in [1.807, 2.05) is 104 Å². The number of aromatic nitrogens is 4. The molecule has 0 aliphatic carbocycles. The third-order valence-corrected chi connectivity index (χ3v) is 19.0. The molecule has 0 unspecified atom stereocenters. The maximum Gasteiger partial charge on any atom is 0.212 e. The normalized spacial score (nSPS) is 11.1. The van der Waals surface area contributed by atoms with Gasteiger partial charge in [-0.2, -0.15) is 10.5 Å². The second kappa shape index (κ2) is 25.2. The van der Waals surface area contributed by atoms with E-state index in [4.69, 9.17) is 30.8 Å². The van der Waals surface area contributed by atoms with Gasteiger partial charge in [0, 0.05) is 97.2 Å². The lowest BCUT2D eigenvalue weighted by molar-refractivity contribution is -0.660. The molecule has 0 spiro atoms. The fraction of sp³-hybridized carbons (Fsp3) is 0.143. The molecular weight excluding hydrogens is 1180 g/mol. The van der Waals surface area contributed by atoms with Gasteiger partial charge in [-0.1, -0.05) is 36.4 Å². The molecule has 8 aromatic heterocycles. The van der Waals surface area contributed by atoms with Crippen molar-refractivity contribution in [2.24, 2.45) is 28.2 Å². The lowest BCUT2D eigenvalue weighted by Gasteiger charge is -2.09. The van der Waals surface area contributed by atoms with Crippen molar-refractivity contribution >= 4 is 99.1 Å². The highest BCUT2D eigenvalue weighted by atomic mass is 16.3. The van der Waals surface area contributed by atoms with Crippen LogP contribution in [0.3, 0.4) is 0 Å². The van der Waals surface area contributed by atoms with Crippen molar-refractivity contribution in [2.75, 3.05) is 0 Å². The SMILES string of the molecule is Cc1c(-c2cccc[n+]2C)cc2c(oc3c(C#N)cccc32)c1C.Cc1cc2c(oc3cccc(C#N)c32)c(C)c1-c1cccc[n+]1C.[C-]#[N+]c1ccc2c(c1)oc1c(C)c(C)c(-c3cccc[n+]3C)cc12.[C-]#[N+]c1ccc2oc3c(C)c(C)c(-c4cccc[n+]4C)cc3c2c1. The highest BCUT2D eigenvalue weighted by molar-refractivity contribution is 6.12. The van der Waals surface area contributed by atoms with Gasteiger partial charge in [-0.25, -0.2) is 28.0 Å². The van der Waals surface area contributed by atoms with Gasteiger partial charge in [-0.15, -0.1) is 0 Å². The van der Waals surface area contributed by atoms with Crippen LogP contribution in [0, 0.1) is 91.2 Å². The molecule has 0 atom stereocenters. The Hall–Kier alpha value is -12.5. The number of nitrogens with zero attached hydrogens (tertiary/aromatic N) is 8. The zero-order valence-corrected chi connectivity index (χ0v) is 55.7. The summed E-state index contributed by atoms with van der Waals surface area (Å²) >= 11 is 0. The van der Waals surface area contributed by atoms with Crippen molar-refractivity contribution in [1.29, 1.82) is 10.5 Å². The first kappa shape index (κ1) is 62.3. The van der Waals surface area contributed by atoms with Gasteiger partial charge in [0.25, 0.3) is 0 Å². The van der Waals surface area contributed by atoms with E-state index in [0.29, 0.717) is 28.1 Å². The third-order valence-electron chi connectivity index (χ3n) is 19.0. The minimum absolute atomic E-state index is 0.576. The number of nitriles is 2. The van der Waals surface area contributed by atoms with E-state index in [0.717, 1.165) is 122 Å². The highest BCUT2D eigenvalue weighted by Crippen LogP contribution is 2.43. The van der Waals surface area contributed by atoms with Crippen LogP contribution in [0.25, 0.3) is 142 Å². The van der Waals surface area contributed by atoms with Crippen molar-refractivity contribution < 1.29 is 35.9 Å². The van der Waals surface area contributed by atoms with E-state index < -0.39 is 0 Å². The topological polar surface area (TPSA) is 124 Å². The number of rotatable bonds is 4. The number of aryl methyl sites for hydroxylation is 9. The maximum absolute atomic E-state index is 9.43. The Kier molecular flexibility index (Phi) is 16.4. The molecule has 96 heavy (non-hydrogen) atoms. The van der Waals surface area contributed by atoms with Crippen LogP contribution in [-0.2, 0) is 28.2 Å². The predicted molar refractivity (Wildman–Crippen MR) is 381 cm³/mol. The molecule has 12 nitrogen and oxygen atoms in total. The van der Waals surface area contributed by atoms with Crippen LogP contribution in [-0.4, -0.2) is 0 Å². The molecule has 16 rings (SSSR count). The molecule has 12 heteroatoms. The number of furan rings is 4. The average Bonchev–Trinajstić information content (AvgIpc) is 1.60. The standard InChI is InChI=1S/4C21H17N2O/c1-13-14(2)21-18(12-16(13)19-7-5-6-10-23(19)4)17-11-15(22-3)8-9-20(17)24-21;1-13-14(2)21-18(12-17(13)19-7-5-6-10-23(19)4)16-9-8-15(22-3)11-20(16)24-21;1-13-14(2)20-18(11-17(13)19-9-4-5-10-23(19)3)16-8-6-7-15(12-22)21(16)24-20;1-13-11-16-20-15(12-22)7-6-9-18(20)24-21(16)14(2)19(13)17-8-4-5-10-23(17)3/h2*5-12H,1-2,4H3;2*4-11H,1-3H3/q4*+1. The van der Waals surface area contributed by atoms with E-state index >= 15 is 0 Å². The van der Waals surface area contributed by atoms with Crippen LogP contribution in [0.2, 0.25) is 0 Å². The van der Waals surface area contributed by atoms with Gasteiger partial charge in [-0.3, -0.25) is 0 Å². The second-order valence-corrected chi connectivity index (χ2v) is 24.6. The third kappa shape index (κ3) is 10.8. The van der Waals surface area contributed by atoms with Gasteiger partial charge < -0.3 is 17.7 Å². The summed E-state index contributed by atoms with van der Waals surface area (Å²) in [4.78, 5) is 7.04. The minimum Gasteiger partial charge on any atom is -0.457 e. The molecule has 0 saturated heterocycles. The van der Waals surface area contributed by atoms with Crippen LogP contribution in [0.5, 0.6) is 0 Å². The van der Waals surface area contributed by atoms with Crippen molar-refractivity contribution in [2.45, 2.75) is 55.4 Å². The van der Waals surface area contributed by atoms with Gasteiger partial charge >= 0.3 is 0 Å². The summed E-state index contributed by atoms with van der Waals surface area (Å²) in [6.07, 6.45) is 8.21. The number of pyridine rings is 4. The van der Waals surface area contributed by atoms with E-state index in [1.165, 1.54) is 50.2 Å². The van der Waals surface area contributed by atoms with Gasteiger partial charge in [0.2, 0.25) is 22.8 Å². The number of hydrogen-bond donors (Lipinski definition) is 0. The summed E-state index contributed by atoms with van der Waals surface area (Å²) in [5, 5.41) is 27.0. The molecule has 0 N–H and O–H groups in total. The molecule has 0 saturated carbocycles. The molecule has 0 fully saturated rings. The van der Waals surface area contributed by atoms with Gasteiger partial charge in [0.1, 0.15) is 73.3 Å². The van der Waals surface area contributed by atoms with E-state index in [-0.39, 0.29) is 0 Å². The Morgan fingerprint density at radius 1 is 0.333 bits per heavy atom. The van der Waals surface area contributed by atoms with Crippen LogP contribution in [0.15, 0.2) is 212 Å². The maximum atomic E-state index is 9.43. The van der Waals surface area contributed by atoms with Crippen LogP contribution in [0.4, 0.5) is 11.4 Å².